The number of thiophene rings is 1. The fourth-order valence-electron chi connectivity index (χ4n) is 1.50. The molecule has 1 aromatic heterocycles. The van der Waals surface area contributed by atoms with Crippen LogP contribution in [0.5, 0.6) is 0 Å². The summed E-state index contributed by atoms with van der Waals surface area (Å²) in [6, 6.07) is 2.08. The second-order valence-electron chi connectivity index (χ2n) is 3.76. The summed E-state index contributed by atoms with van der Waals surface area (Å²) < 4.78 is 1.07. The van der Waals surface area contributed by atoms with E-state index in [0.717, 1.165) is 21.7 Å². The first-order valence-electron chi connectivity index (χ1n) is 4.60. The summed E-state index contributed by atoms with van der Waals surface area (Å²) in [5.41, 5.74) is 0. The van der Waals surface area contributed by atoms with Crippen molar-refractivity contribution in [1.29, 1.82) is 0 Å². The SMILES string of the molecule is Cc1cc(Br)c(C(O)CC2CC2)s1. The summed E-state index contributed by atoms with van der Waals surface area (Å²) in [5.74, 6) is 0.782. The van der Waals surface area contributed by atoms with Crippen LogP contribution in [-0.4, -0.2) is 5.11 Å². The van der Waals surface area contributed by atoms with Gasteiger partial charge in [-0.05, 0) is 41.3 Å². The van der Waals surface area contributed by atoms with Crippen molar-refractivity contribution in [3.8, 4) is 0 Å². The lowest BCUT2D eigenvalue weighted by molar-refractivity contribution is 0.163. The van der Waals surface area contributed by atoms with Crippen LogP contribution < -0.4 is 0 Å². The molecular weight excluding hydrogens is 248 g/mol. The summed E-state index contributed by atoms with van der Waals surface area (Å²) in [6.07, 6.45) is 3.30. The predicted octanol–water partition coefficient (Wildman–Crippen LogP) is 3.65. The quantitative estimate of drug-likeness (QED) is 0.880. The lowest BCUT2D eigenvalue weighted by Gasteiger charge is -2.07. The Morgan fingerprint density at radius 1 is 1.69 bits per heavy atom. The first kappa shape index (κ1) is 9.69. The normalized spacial score (nSPS) is 19.0. The van der Waals surface area contributed by atoms with Crippen LogP contribution in [0.4, 0.5) is 0 Å². The topological polar surface area (TPSA) is 20.2 Å². The van der Waals surface area contributed by atoms with Crippen molar-refractivity contribution in [2.45, 2.75) is 32.3 Å². The van der Waals surface area contributed by atoms with Crippen LogP contribution in [0.2, 0.25) is 0 Å². The van der Waals surface area contributed by atoms with Gasteiger partial charge in [-0.2, -0.15) is 0 Å². The third kappa shape index (κ3) is 2.33. The summed E-state index contributed by atoms with van der Waals surface area (Å²) in [7, 11) is 0. The van der Waals surface area contributed by atoms with Gasteiger partial charge in [-0.1, -0.05) is 12.8 Å². The molecule has 72 valence electrons. The maximum atomic E-state index is 9.91. The number of hydrogen-bond donors (Lipinski definition) is 1. The van der Waals surface area contributed by atoms with Gasteiger partial charge in [-0.25, -0.2) is 0 Å². The third-order valence-electron chi connectivity index (χ3n) is 2.39. The molecule has 0 aromatic carbocycles. The molecule has 1 aromatic rings. The van der Waals surface area contributed by atoms with Crippen molar-refractivity contribution in [2.24, 2.45) is 5.92 Å². The Kier molecular flexibility index (Phi) is 2.77. The lowest BCUT2D eigenvalue weighted by atomic mass is 10.1. The molecular formula is C10H13BrOS. The number of aliphatic hydroxyl groups is 1. The standard InChI is InChI=1S/C10H13BrOS/c1-6-4-8(11)10(13-6)9(12)5-7-2-3-7/h4,7,9,12H,2-3,5H2,1H3. The van der Waals surface area contributed by atoms with Crippen molar-refractivity contribution in [1.82, 2.24) is 0 Å². The number of halogens is 1. The van der Waals surface area contributed by atoms with Crippen LogP contribution >= 0.6 is 27.3 Å². The van der Waals surface area contributed by atoms with Crippen LogP contribution in [0.1, 0.15) is 35.1 Å². The highest BCUT2D eigenvalue weighted by Crippen LogP contribution is 2.41. The van der Waals surface area contributed by atoms with Gasteiger partial charge >= 0.3 is 0 Å². The van der Waals surface area contributed by atoms with Crippen molar-refractivity contribution in [3.63, 3.8) is 0 Å². The van der Waals surface area contributed by atoms with E-state index >= 15 is 0 Å². The van der Waals surface area contributed by atoms with Gasteiger partial charge in [0.25, 0.3) is 0 Å². The van der Waals surface area contributed by atoms with Crippen molar-refractivity contribution in [3.05, 3.63) is 20.3 Å². The highest BCUT2D eigenvalue weighted by atomic mass is 79.9. The molecule has 1 unspecified atom stereocenters. The van der Waals surface area contributed by atoms with Gasteiger partial charge in [0.1, 0.15) is 0 Å². The van der Waals surface area contributed by atoms with E-state index in [2.05, 4.69) is 28.9 Å². The largest absolute Gasteiger partial charge is 0.388 e. The van der Waals surface area contributed by atoms with Gasteiger partial charge in [0, 0.05) is 14.2 Å². The molecule has 0 aliphatic heterocycles. The summed E-state index contributed by atoms with van der Waals surface area (Å²) in [6.45, 7) is 2.07. The van der Waals surface area contributed by atoms with Gasteiger partial charge in [0.2, 0.25) is 0 Å². The Morgan fingerprint density at radius 2 is 2.38 bits per heavy atom. The Hall–Kier alpha value is 0.140. The van der Waals surface area contributed by atoms with Gasteiger partial charge in [0.15, 0.2) is 0 Å². The van der Waals surface area contributed by atoms with Gasteiger partial charge < -0.3 is 5.11 Å². The molecule has 1 aliphatic rings. The molecule has 1 nitrogen and oxygen atoms in total. The van der Waals surface area contributed by atoms with E-state index in [0.29, 0.717) is 0 Å². The number of aryl methyl sites for hydroxylation is 1. The minimum atomic E-state index is -0.249. The highest BCUT2D eigenvalue weighted by molar-refractivity contribution is 9.10. The molecule has 2 rings (SSSR count). The van der Waals surface area contributed by atoms with E-state index in [9.17, 15) is 5.11 Å². The second kappa shape index (κ2) is 3.71. The zero-order valence-electron chi connectivity index (χ0n) is 7.59. The molecule has 1 fully saturated rings. The monoisotopic (exact) mass is 260 g/mol. The minimum absolute atomic E-state index is 0.249. The smallest absolute Gasteiger partial charge is 0.0896 e. The highest BCUT2D eigenvalue weighted by Gasteiger charge is 2.26. The number of hydrogen-bond acceptors (Lipinski definition) is 2. The molecule has 1 saturated carbocycles. The fourth-order valence-corrected chi connectivity index (χ4v) is 3.42. The van der Waals surface area contributed by atoms with E-state index in [-0.39, 0.29) is 6.10 Å². The van der Waals surface area contributed by atoms with Crippen molar-refractivity contribution < 1.29 is 5.11 Å². The molecule has 1 atom stereocenters. The fraction of sp³-hybridized carbons (Fsp3) is 0.600. The van der Waals surface area contributed by atoms with Crippen molar-refractivity contribution >= 4 is 27.3 Å². The zero-order valence-corrected chi connectivity index (χ0v) is 9.99. The third-order valence-corrected chi connectivity index (χ3v) is 4.46. The molecule has 1 aliphatic carbocycles. The van der Waals surface area contributed by atoms with Crippen LogP contribution in [0.15, 0.2) is 10.5 Å². The summed E-state index contributed by atoms with van der Waals surface area (Å²) >= 11 is 5.17. The molecule has 0 radical (unpaired) electrons. The Labute approximate surface area is 90.9 Å². The van der Waals surface area contributed by atoms with E-state index in [1.54, 1.807) is 11.3 Å². The first-order valence-corrected chi connectivity index (χ1v) is 6.21. The lowest BCUT2D eigenvalue weighted by Crippen LogP contribution is -1.95. The average molecular weight is 261 g/mol. The van der Waals surface area contributed by atoms with Gasteiger partial charge in [-0.15, -0.1) is 11.3 Å². The Balaban J connectivity index is 2.08. The minimum Gasteiger partial charge on any atom is -0.388 e. The first-order chi connectivity index (χ1) is 6.16. The van der Waals surface area contributed by atoms with E-state index in [1.165, 1.54) is 17.7 Å². The predicted molar refractivity (Wildman–Crippen MR) is 59.1 cm³/mol. The van der Waals surface area contributed by atoms with Crippen LogP contribution in [0.25, 0.3) is 0 Å². The molecule has 0 amide bonds. The van der Waals surface area contributed by atoms with Gasteiger partial charge in [0.05, 0.1) is 6.10 Å². The maximum absolute atomic E-state index is 9.91. The van der Waals surface area contributed by atoms with Crippen LogP contribution in [0, 0.1) is 12.8 Å². The zero-order chi connectivity index (χ0) is 9.42. The van der Waals surface area contributed by atoms with Crippen LogP contribution in [0.3, 0.4) is 0 Å². The average Bonchev–Trinajstić information content (AvgIpc) is 2.77. The van der Waals surface area contributed by atoms with Gasteiger partial charge in [-0.3, -0.25) is 0 Å². The summed E-state index contributed by atoms with van der Waals surface area (Å²) in [4.78, 5) is 2.36. The molecule has 13 heavy (non-hydrogen) atoms. The number of rotatable bonds is 3. The van der Waals surface area contributed by atoms with E-state index in [4.69, 9.17) is 0 Å². The Bertz CT molecular complexity index is 304. The molecule has 1 N–H and O–H groups in total. The van der Waals surface area contributed by atoms with E-state index < -0.39 is 0 Å². The molecule has 3 heteroatoms. The molecule has 0 bridgehead atoms. The maximum Gasteiger partial charge on any atom is 0.0896 e. The van der Waals surface area contributed by atoms with E-state index in [1.807, 2.05) is 0 Å². The molecule has 1 heterocycles. The second-order valence-corrected chi connectivity index (χ2v) is 5.91. The molecule has 0 saturated heterocycles. The van der Waals surface area contributed by atoms with Crippen LogP contribution in [-0.2, 0) is 0 Å². The molecule has 0 spiro atoms. The summed E-state index contributed by atoms with van der Waals surface area (Å²) in [5, 5.41) is 9.91. The number of aliphatic hydroxyl groups excluding tert-OH is 1. The van der Waals surface area contributed by atoms with Crippen molar-refractivity contribution in [2.75, 3.05) is 0 Å². The Morgan fingerprint density at radius 3 is 2.85 bits per heavy atom.